The number of hydrogen-bond donors (Lipinski definition) is 1. The van der Waals surface area contributed by atoms with E-state index in [-0.39, 0.29) is 11.9 Å². The highest BCUT2D eigenvalue weighted by Crippen LogP contribution is 2.34. The van der Waals surface area contributed by atoms with Crippen molar-refractivity contribution in [2.24, 2.45) is 0 Å². The Balaban J connectivity index is 2.03. The smallest absolute Gasteiger partial charge is 0.169 e. The average molecular weight is 324 g/mol. The van der Waals surface area contributed by atoms with E-state index < -0.39 is 0 Å². The second kappa shape index (κ2) is 6.18. The number of fused-ring (bicyclic) bond motifs is 1. The summed E-state index contributed by atoms with van der Waals surface area (Å²) in [7, 11) is 0. The molecule has 1 aromatic carbocycles. The van der Waals surface area contributed by atoms with Crippen molar-refractivity contribution in [2.45, 2.75) is 19.4 Å². The van der Waals surface area contributed by atoms with Gasteiger partial charge < -0.3 is 9.73 Å². The molecule has 1 unspecified atom stereocenters. The van der Waals surface area contributed by atoms with Gasteiger partial charge in [-0.25, -0.2) is 4.39 Å². The van der Waals surface area contributed by atoms with Crippen molar-refractivity contribution in [3.63, 3.8) is 0 Å². The molecule has 1 atom stereocenters. The molecule has 2 aromatic heterocycles. The number of para-hydroxylation sites is 1. The van der Waals surface area contributed by atoms with Crippen molar-refractivity contribution >= 4 is 33.9 Å². The predicted octanol–water partition coefficient (Wildman–Crippen LogP) is 5.38. The fourth-order valence-corrected chi connectivity index (χ4v) is 3.45. The van der Waals surface area contributed by atoms with E-state index in [2.05, 4.69) is 12.2 Å². The topological polar surface area (TPSA) is 25.2 Å². The number of thiophene rings is 1. The second-order valence-corrected chi connectivity index (χ2v) is 6.58. The zero-order valence-corrected chi connectivity index (χ0v) is 13.1. The molecule has 1 N–H and O–H groups in total. The van der Waals surface area contributed by atoms with Gasteiger partial charge in [-0.15, -0.1) is 11.3 Å². The first-order valence-corrected chi connectivity index (χ1v) is 8.05. The highest BCUT2D eigenvalue weighted by Gasteiger charge is 2.20. The first kappa shape index (κ1) is 14.6. The third kappa shape index (κ3) is 2.98. The van der Waals surface area contributed by atoms with Gasteiger partial charge in [0, 0.05) is 10.3 Å². The molecule has 0 radical (unpaired) electrons. The van der Waals surface area contributed by atoms with Gasteiger partial charge in [-0.05, 0) is 37.2 Å². The maximum atomic E-state index is 13.8. The molecule has 2 heterocycles. The molecule has 0 spiro atoms. The Morgan fingerprint density at radius 2 is 2.19 bits per heavy atom. The van der Waals surface area contributed by atoms with Crippen LogP contribution in [0.3, 0.4) is 0 Å². The van der Waals surface area contributed by atoms with Crippen molar-refractivity contribution in [2.75, 3.05) is 6.54 Å². The van der Waals surface area contributed by atoms with Crippen molar-refractivity contribution in [1.29, 1.82) is 0 Å². The fraction of sp³-hybridized carbons (Fsp3) is 0.250. The molecule has 110 valence electrons. The molecule has 0 aliphatic rings. The van der Waals surface area contributed by atoms with Gasteiger partial charge in [0.1, 0.15) is 11.8 Å². The van der Waals surface area contributed by atoms with Crippen LogP contribution in [0.4, 0.5) is 4.39 Å². The van der Waals surface area contributed by atoms with Gasteiger partial charge in [-0.2, -0.15) is 0 Å². The second-order valence-electron chi connectivity index (χ2n) is 4.84. The highest BCUT2D eigenvalue weighted by atomic mass is 35.5. The zero-order chi connectivity index (χ0) is 14.8. The number of halogens is 2. The van der Waals surface area contributed by atoms with Gasteiger partial charge in [0.25, 0.3) is 0 Å². The van der Waals surface area contributed by atoms with Crippen LogP contribution in [-0.2, 0) is 0 Å². The van der Waals surface area contributed by atoms with Gasteiger partial charge in [-0.3, -0.25) is 0 Å². The molecular weight excluding hydrogens is 309 g/mol. The molecule has 0 saturated carbocycles. The zero-order valence-electron chi connectivity index (χ0n) is 11.5. The van der Waals surface area contributed by atoms with Crippen LogP contribution in [0.2, 0.25) is 4.34 Å². The summed E-state index contributed by atoms with van der Waals surface area (Å²) in [5.74, 6) is 0.374. The summed E-state index contributed by atoms with van der Waals surface area (Å²) < 4.78 is 20.3. The van der Waals surface area contributed by atoms with Gasteiger partial charge in [0.15, 0.2) is 11.4 Å². The Kier molecular flexibility index (Phi) is 4.29. The van der Waals surface area contributed by atoms with E-state index in [4.69, 9.17) is 16.0 Å². The van der Waals surface area contributed by atoms with E-state index in [1.54, 1.807) is 6.07 Å². The lowest BCUT2D eigenvalue weighted by molar-refractivity contribution is 0.462. The molecular formula is C16H15ClFNOS. The summed E-state index contributed by atoms with van der Waals surface area (Å²) in [6, 6.07) is 10.6. The predicted molar refractivity (Wildman–Crippen MR) is 85.6 cm³/mol. The highest BCUT2D eigenvalue weighted by molar-refractivity contribution is 7.16. The molecule has 0 amide bonds. The summed E-state index contributed by atoms with van der Waals surface area (Å²) in [6.07, 6.45) is 1.00. The number of furan rings is 1. The van der Waals surface area contributed by atoms with Crippen LogP contribution in [0.25, 0.3) is 11.0 Å². The van der Waals surface area contributed by atoms with E-state index in [1.807, 2.05) is 24.3 Å². The molecule has 5 heteroatoms. The number of rotatable bonds is 5. The molecule has 0 aliphatic heterocycles. The van der Waals surface area contributed by atoms with Gasteiger partial charge in [0.2, 0.25) is 0 Å². The van der Waals surface area contributed by atoms with Crippen LogP contribution in [0, 0.1) is 5.82 Å². The summed E-state index contributed by atoms with van der Waals surface area (Å²) in [6.45, 7) is 2.95. The summed E-state index contributed by atoms with van der Waals surface area (Å²) in [4.78, 5) is 1.06. The molecule has 21 heavy (non-hydrogen) atoms. The molecule has 0 fully saturated rings. The lowest BCUT2D eigenvalue weighted by atomic mass is 10.1. The minimum absolute atomic E-state index is 0.103. The van der Waals surface area contributed by atoms with Crippen LogP contribution in [-0.4, -0.2) is 6.54 Å². The Morgan fingerprint density at radius 1 is 1.33 bits per heavy atom. The van der Waals surface area contributed by atoms with Crippen molar-refractivity contribution in [1.82, 2.24) is 5.32 Å². The largest absolute Gasteiger partial charge is 0.456 e. The van der Waals surface area contributed by atoms with Crippen LogP contribution in [0.15, 0.2) is 40.8 Å². The first-order valence-electron chi connectivity index (χ1n) is 6.85. The van der Waals surface area contributed by atoms with Crippen molar-refractivity contribution in [3.8, 4) is 0 Å². The Morgan fingerprint density at radius 3 is 2.86 bits per heavy atom. The summed E-state index contributed by atoms with van der Waals surface area (Å²) >= 11 is 7.53. The molecule has 2 nitrogen and oxygen atoms in total. The van der Waals surface area contributed by atoms with E-state index in [0.29, 0.717) is 11.3 Å². The van der Waals surface area contributed by atoms with Crippen LogP contribution in [0.1, 0.15) is 30.0 Å². The normalized spacial score (nSPS) is 12.9. The van der Waals surface area contributed by atoms with Crippen LogP contribution < -0.4 is 5.32 Å². The fourth-order valence-electron chi connectivity index (χ4n) is 2.30. The lowest BCUT2D eigenvalue weighted by Crippen LogP contribution is -2.21. The van der Waals surface area contributed by atoms with E-state index >= 15 is 0 Å². The van der Waals surface area contributed by atoms with E-state index in [9.17, 15) is 4.39 Å². The third-order valence-electron chi connectivity index (χ3n) is 3.28. The van der Waals surface area contributed by atoms with Crippen LogP contribution in [0.5, 0.6) is 0 Å². The molecule has 3 aromatic rings. The molecule has 0 bridgehead atoms. The number of nitrogens with one attached hydrogen (secondary N) is 1. The minimum atomic E-state index is -0.336. The molecule has 3 rings (SSSR count). The molecule has 0 saturated heterocycles. The van der Waals surface area contributed by atoms with Crippen molar-refractivity contribution < 1.29 is 8.81 Å². The average Bonchev–Trinajstić information content (AvgIpc) is 3.07. The lowest BCUT2D eigenvalue weighted by Gasteiger charge is -2.14. The third-order valence-corrected chi connectivity index (χ3v) is 4.57. The van der Waals surface area contributed by atoms with Crippen molar-refractivity contribution in [3.05, 3.63) is 57.2 Å². The van der Waals surface area contributed by atoms with Gasteiger partial charge in [-0.1, -0.05) is 30.7 Å². The minimum Gasteiger partial charge on any atom is -0.456 e. The Labute approximate surface area is 131 Å². The quantitative estimate of drug-likeness (QED) is 0.682. The standard InChI is InChI=1S/C16H15ClFNOS/c1-2-8-19-15(13-6-7-14(17)21-13)12-9-10-4-3-5-11(18)16(10)20-12/h3-7,9,15,19H,2,8H2,1H3. The van der Waals surface area contributed by atoms with Crippen LogP contribution >= 0.6 is 22.9 Å². The van der Waals surface area contributed by atoms with Gasteiger partial charge >= 0.3 is 0 Å². The molecule has 0 aliphatic carbocycles. The Bertz CT molecular complexity index is 752. The maximum absolute atomic E-state index is 13.8. The Hall–Kier alpha value is -1.36. The monoisotopic (exact) mass is 323 g/mol. The van der Waals surface area contributed by atoms with E-state index in [0.717, 1.165) is 27.6 Å². The maximum Gasteiger partial charge on any atom is 0.169 e. The first-order chi connectivity index (χ1) is 10.2. The number of benzene rings is 1. The van der Waals surface area contributed by atoms with E-state index in [1.165, 1.54) is 17.4 Å². The number of hydrogen-bond acceptors (Lipinski definition) is 3. The SMILES string of the molecule is CCCNC(c1cc2cccc(F)c2o1)c1ccc(Cl)s1. The van der Waals surface area contributed by atoms with Gasteiger partial charge in [0.05, 0.1) is 4.34 Å². The summed E-state index contributed by atoms with van der Waals surface area (Å²) in [5.41, 5.74) is 0.304. The summed E-state index contributed by atoms with van der Waals surface area (Å²) in [5, 5.41) is 4.21.